The minimum absolute atomic E-state index is 1.10. The van der Waals surface area contributed by atoms with Gasteiger partial charge in [-0.3, -0.25) is 0 Å². The van der Waals surface area contributed by atoms with Crippen LogP contribution in [-0.4, -0.2) is 12.0 Å². The topological polar surface area (TPSA) is 0 Å². The molecule has 1 heteroatoms. The first-order valence-electron chi connectivity index (χ1n) is 8.28. The van der Waals surface area contributed by atoms with E-state index in [2.05, 4.69) is 45.4 Å². The molecule has 126 valence electrons. The zero-order valence-corrected chi connectivity index (χ0v) is 16.8. The van der Waals surface area contributed by atoms with Gasteiger partial charge in [0.25, 0.3) is 0 Å². The van der Waals surface area contributed by atoms with Gasteiger partial charge in [0.2, 0.25) is 0 Å². The molecule has 0 rings (SSSR count). The minimum Gasteiger partial charge on any atom is -0.161 e. The van der Waals surface area contributed by atoms with Crippen LogP contribution in [0.4, 0.5) is 0 Å². The Kier molecular flexibility index (Phi) is 42.9. The molecule has 21 heavy (non-hydrogen) atoms. The zero-order valence-electron chi connectivity index (χ0n) is 16.0. The largest absolute Gasteiger partial charge is 0.161 e. The first-order chi connectivity index (χ1) is 10.2. The maximum Gasteiger partial charge on any atom is 0.0181 e. The molecule has 0 aliphatic heterocycles. The summed E-state index contributed by atoms with van der Waals surface area (Å²) in [7, 11) is 0. The van der Waals surface area contributed by atoms with Gasteiger partial charge in [0.15, 0.2) is 0 Å². The van der Waals surface area contributed by atoms with Gasteiger partial charge in [0.05, 0.1) is 0 Å². The average molecular weight is 313 g/mol. The summed E-state index contributed by atoms with van der Waals surface area (Å²) in [4.78, 5) is 0. The molecule has 0 nitrogen and oxygen atoms in total. The van der Waals surface area contributed by atoms with Crippen LogP contribution in [0.5, 0.6) is 0 Å². The zero-order chi connectivity index (χ0) is 17.5. The van der Waals surface area contributed by atoms with Crippen molar-refractivity contribution in [2.45, 2.75) is 67.7 Å². The second-order valence-corrected chi connectivity index (χ2v) is 4.51. The van der Waals surface area contributed by atoms with Gasteiger partial charge in [-0.05, 0) is 37.2 Å². The predicted octanol–water partition coefficient (Wildman–Crippen LogP) is 7.84. The van der Waals surface area contributed by atoms with E-state index in [0.29, 0.717) is 0 Å². The molecule has 0 bridgehead atoms. The van der Waals surface area contributed by atoms with Crippen LogP contribution in [0.1, 0.15) is 67.7 Å². The van der Waals surface area contributed by atoms with Crippen LogP contribution >= 0.6 is 11.8 Å². The molecule has 0 spiro atoms. The van der Waals surface area contributed by atoms with Crippen LogP contribution in [0.2, 0.25) is 0 Å². The summed E-state index contributed by atoms with van der Waals surface area (Å²) in [5.41, 5.74) is 2.92. The van der Waals surface area contributed by atoms with Crippen LogP contribution in [-0.2, 0) is 0 Å². The van der Waals surface area contributed by atoms with Crippen LogP contribution < -0.4 is 0 Å². The fourth-order valence-corrected chi connectivity index (χ4v) is 1.97. The van der Waals surface area contributed by atoms with Crippen molar-refractivity contribution >= 4 is 11.8 Å². The third kappa shape index (κ3) is 24.7. The van der Waals surface area contributed by atoms with E-state index in [-0.39, 0.29) is 0 Å². The monoisotopic (exact) mass is 312 g/mol. The van der Waals surface area contributed by atoms with E-state index < -0.39 is 0 Å². The molecule has 0 atom stereocenters. The third-order valence-electron chi connectivity index (χ3n) is 2.09. The van der Waals surface area contributed by atoms with Gasteiger partial charge in [-0.2, -0.15) is 11.8 Å². The molecule has 0 aromatic rings. The highest BCUT2D eigenvalue weighted by Crippen LogP contribution is 2.19. The molecule has 0 N–H and O–H groups in total. The summed E-state index contributed by atoms with van der Waals surface area (Å²) >= 11 is 1.89. The highest BCUT2D eigenvalue weighted by Gasteiger charge is 2.00. The van der Waals surface area contributed by atoms with Crippen molar-refractivity contribution < 1.29 is 0 Å². The van der Waals surface area contributed by atoms with E-state index in [1.807, 2.05) is 52.5 Å². The third-order valence-corrected chi connectivity index (χ3v) is 2.69. The first-order valence-corrected chi connectivity index (χ1v) is 9.67. The van der Waals surface area contributed by atoms with Crippen molar-refractivity contribution in [2.24, 2.45) is 0 Å². The molecule has 0 fully saturated rings. The molecule has 0 heterocycles. The quantitative estimate of drug-likeness (QED) is 0.341. The second-order valence-electron chi connectivity index (χ2n) is 3.64. The van der Waals surface area contributed by atoms with E-state index in [4.69, 9.17) is 0 Å². The lowest BCUT2D eigenvalue weighted by Crippen LogP contribution is -1.92. The maximum absolute atomic E-state index is 3.76. The average Bonchev–Trinajstić information content (AvgIpc) is 2.54. The number of allylic oxidation sites excluding steroid dienone is 5. The molecule has 0 aromatic carbocycles. The number of rotatable bonds is 7. The Hall–Kier alpha value is -0.690. The number of thioether (sulfide) groups is 1. The fraction of sp³-hybridized carbons (Fsp3) is 0.600. The Labute approximate surface area is 140 Å². The molecule has 0 saturated carbocycles. The van der Waals surface area contributed by atoms with E-state index in [1.165, 1.54) is 24.0 Å². The number of hydrogen-bond donors (Lipinski definition) is 0. The molecular formula is C20H40S. The Morgan fingerprint density at radius 2 is 1.48 bits per heavy atom. The summed E-state index contributed by atoms with van der Waals surface area (Å²) in [6.45, 7) is 21.4. The van der Waals surface area contributed by atoms with Crippen LogP contribution in [0.25, 0.3) is 0 Å². The number of unbranched alkanes of at least 4 members (excludes halogenated alkanes) is 1. The second kappa shape index (κ2) is 31.6. The Balaban J connectivity index is -0.000000176. The highest BCUT2D eigenvalue weighted by molar-refractivity contribution is 7.98. The molecule has 0 aliphatic rings. The smallest absolute Gasteiger partial charge is 0.0181 e. The predicted molar refractivity (Wildman–Crippen MR) is 109 cm³/mol. The van der Waals surface area contributed by atoms with E-state index in [0.717, 1.165) is 12.2 Å². The summed E-state index contributed by atoms with van der Waals surface area (Å²) in [5.74, 6) is 1.12. The molecule has 0 amide bonds. The van der Waals surface area contributed by atoms with Crippen molar-refractivity contribution in [3.05, 3.63) is 48.6 Å². The SMILES string of the molecule is C=C/C=C(CC)\C(=C/CCC)CSC.C=CC.CC.CC. The van der Waals surface area contributed by atoms with E-state index in [1.54, 1.807) is 6.08 Å². The molecule has 0 aliphatic carbocycles. The summed E-state index contributed by atoms with van der Waals surface area (Å²) < 4.78 is 0. The van der Waals surface area contributed by atoms with Crippen molar-refractivity contribution in [1.29, 1.82) is 0 Å². The van der Waals surface area contributed by atoms with Gasteiger partial charge >= 0.3 is 0 Å². The number of hydrogen-bond acceptors (Lipinski definition) is 1. The summed E-state index contributed by atoms with van der Waals surface area (Å²) in [5, 5.41) is 0. The van der Waals surface area contributed by atoms with Crippen LogP contribution in [0, 0.1) is 0 Å². The van der Waals surface area contributed by atoms with Gasteiger partial charge in [0, 0.05) is 5.75 Å². The molecule has 0 radical (unpaired) electrons. The summed E-state index contributed by atoms with van der Waals surface area (Å²) in [6, 6.07) is 0. The molecule has 0 aromatic heterocycles. The van der Waals surface area contributed by atoms with Gasteiger partial charge in [-0.1, -0.05) is 78.8 Å². The Morgan fingerprint density at radius 1 is 1.00 bits per heavy atom. The lowest BCUT2D eigenvalue weighted by Gasteiger charge is -2.08. The highest BCUT2D eigenvalue weighted by atomic mass is 32.2. The van der Waals surface area contributed by atoms with Gasteiger partial charge < -0.3 is 0 Å². The maximum atomic E-state index is 3.76. The first kappa shape index (κ1) is 28.5. The van der Waals surface area contributed by atoms with Crippen molar-refractivity contribution in [2.75, 3.05) is 12.0 Å². The van der Waals surface area contributed by atoms with Crippen molar-refractivity contribution in [1.82, 2.24) is 0 Å². The Bertz CT molecular complexity index is 247. The van der Waals surface area contributed by atoms with Gasteiger partial charge in [0.1, 0.15) is 0 Å². The van der Waals surface area contributed by atoms with Gasteiger partial charge in [-0.25, -0.2) is 0 Å². The summed E-state index contributed by atoms with van der Waals surface area (Å²) in [6.07, 6.45) is 13.8. The molecule has 0 unspecified atom stereocenters. The van der Waals surface area contributed by atoms with Crippen molar-refractivity contribution in [3.63, 3.8) is 0 Å². The minimum atomic E-state index is 1.10. The standard InChI is InChI=1S/C13H22S.C3H6.2C2H6/c1-5-8-10-13(11-14-4)12(7-3)9-6-2;1-3-2;2*1-2/h6,9-10H,2,5,7-8,11H2,1,3-4H3;3H,1H2,2H3;2*1-2H3/b12-9-,13-10-;;;. The lowest BCUT2D eigenvalue weighted by atomic mass is 10.0. The fourth-order valence-electron chi connectivity index (χ4n) is 1.35. The Morgan fingerprint density at radius 3 is 1.76 bits per heavy atom. The molecule has 0 saturated heterocycles. The van der Waals surface area contributed by atoms with Crippen LogP contribution in [0.15, 0.2) is 48.6 Å². The molecular weight excluding hydrogens is 272 g/mol. The van der Waals surface area contributed by atoms with Gasteiger partial charge in [-0.15, -0.1) is 6.58 Å². The van der Waals surface area contributed by atoms with E-state index >= 15 is 0 Å². The normalized spacial score (nSPS) is 9.90. The van der Waals surface area contributed by atoms with E-state index in [9.17, 15) is 0 Å². The lowest BCUT2D eigenvalue weighted by molar-refractivity contribution is 0.945. The van der Waals surface area contributed by atoms with Crippen LogP contribution in [0.3, 0.4) is 0 Å². The van der Waals surface area contributed by atoms with Crippen molar-refractivity contribution in [3.8, 4) is 0 Å².